The molecule has 0 saturated carbocycles. The minimum atomic E-state index is -3.28. The SMILES string of the molecule is CS(=O)(=O)c1cccc2sc(N3CCCC(CO)C3)nc12. The topological polar surface area (TPSA) is 70.5 Å². The van der Waals surface area contributed by atoms with E-state index in [9.17, 15) is 13.5 Å². The molecule has 0 aliphatic carbocycles. The quantitative estimate of drug-likeness (QED) is 0.933. The number of nitrogens with zero attached hydrogens (tertiary/aromatic N) is 2. The van der Waals surface area contributed by atoms with E-state index in [2.05, 4.69) is 9.88 Å². The summed E-state index contributed by atoms with van der Waals surface area (Å²) in [7, 11) is -3.28. The highest BCUT2D eigenvalue weighted by Crippen LogP contribution is 2.34. The number of aromatic nitrogens is 1. The number of fused-ring (bicyclic) bond motifs is 1. The van der Waals surface area contributed by atoms with Crippen LogP contribution in [0.4, 0.5) is 5.13 Å². The number of sulfone groups is 1. The largest absolute Gasteiger partial charge is 0.396 e. The number of anilines is 1. The lowest BCUT2D eigenvalue weighted by molar-refractivity contribution is 0.208. The van der Waals surface area contributed by atoms with Gasteiger partial charge in [-0.1, -0.05) is 17.4 Å². The average Bonchev–Trinajstić information content (AvgIpc) is 2.90. The van der Waals surface area contributed by atoms with Gasteiger partial charge < -0.3 is 10.0 Å². The minimum Gasteiger partial charge on any atom is -0.396 e. The number of hydrogen-bond acceptors (Lipinski definition) is 6. The first kappa shape index (κ1) is 14.7. The van der Waals surface area contributed by atoms with Crippen molar-refractivity contribution in [1.29, 1.82) is 0 Å². The highest BCUT2D eigenvalue weighted by Gasteiger charge is 2.23. The van der Waals surface area contributed by atoms with Gasteiger partial charge in [0.15, 0.2) is 15.0 Å². The van der Waals surface area contributed by atoms with Gasteiger partial charge in [0, 0.05) is 26.0 Å². The Morgan fingerprint density at radius 1 is 1.48 bits per heavy atom. The van der Waals surface area contributed by atoms with Crippen LogP contribution in [0, 0.1) is 5.92 Å². The Balaban J connectivity index is 2.02. The summed E-state index contributed by atoms with van der Waals surface area (Å²) in [5, 5.41) is 10.2. The Bertz CT molecular complexity index is 755. The van der Waals surface area contributed by atoms with Crippen molar-refractivity contribution in [2.45, 2.75) is 17.7 Å². The third-order valence-corrected chi connectivity index (χ3v) is 6.03. The number of aliphatic hydroxyl groups excluding tert-OH is 1. The standard InChI is InChI=1S/C14H18N2O3S2/c1-21(18,19)12-6-2-5-11-13(12)15-14(20-11)16-7-3-4-10(8-16)9-17/h2,5-6,10,17H,3-4,7-9H2,1H3. The van der Waals surface area contributed by atoms with Gasteiger partial charge in [-0.25, -0.2) is 13.4 Å². The van der Waals surface area contributed by atoms with Gasteiger partial charge in [-0.3, -0.25) is 0 Å². The molecule has 21 heavy (non-hydrogen) atoms. The monoisotopic (exact) mass is 326 g/mol. The van der Waals surface area contributed by atoms with E-state index in [1.807, 2.05) is 6.07 Å². The zero-order valence-electron chi connectivity index (χ0n) is 11.8. The Morgan fingerprint density at radius 3 is 3.00 bits per heavy atom. The van der Waals surface area contributed by atoms with Gasteiger partial charge in [0.25, 0.3) is 0 Å². The molecule has 1 fully saturated rings. The van der Waals surface area contributed by atoms with E-state index in [0.717, 1.165) is 35.8 Å². The summed E-state index contributed by atoms with van der Waals surface area (Å²) in [6.07, 6.45) is 3.27. The highest BCUT2D eigenvalue weighted by molar-refractivity contribution is 7.91. The number of piperidine rings is 1. The van der Waals surface area contributed by atoms with Crippen molar-refractivity contribution < 1.29 is 13.5 Å². The summed E-state index contributed by atoms with van der Waals surface area (Å²) < 4.78 is 24.6. The summed E-state index contributed by atoms with van der Waals surface area (Å²) in [6.45, 7) is 1.88. The predicted octanol–water partition coefficient (Wildman–Crippen LogP) is 1.91. The molecular weight excluding hydrogens is 308 g/mol. The average molecular weight is 326 g/mol. The fourth-order valence-corrected chi connectivity index (χ4v) is 4.66. The summed E-state index contributed by atoms with van der Waals surface area (Å²) in [6, 6.07) is 5.26. The summed E-state index contributed by atoms with van der Waals surface area (Å²) >= 11 is 1.52. The fraction of sp³-hybridized carbons (Fsp3) is 0.500. The van der Waals surface area contributed by atoms with Crippen LogP contribution in [0.15, 0.2) is 23.1 Å². The van der Waals surface area contributed by atoms with E-state index in [0.29, 0.717) is 10.4 Å². The predicted molar refractivity (Wildman–Crippen MR) is 84.8 cm³/mol. The van der Waals surface area contributed by atoms with Crippen molar-refractivity contribution in [3.63, 3.8) is 0 Å². The number of rotatable bonds is 3. The van der Waals surface area contributed by atoms with Crippen LogP contribution in [-0.2, 0) is 9.84 Å². The maximum absolute atomic E-state index is 11.8. The summed E-state index contributed by atoms with van der Waals surface area (Å²) in [5.41, 5.74) is 0.561. The Hall–Kier alpha value is -1.18. The van der Waals surface area contributed by atoms with Crippen LogP contribution < -0.4 is 4.90 Å². The summed E-state index contributed by atoms with van der Waals surface area (Å²) in [5.74, 6) is 0.278. The van der Waals surface area contributed by atoms with E-state index < -0.39 is 9.84 Å². The zero-order valence-corrected chi connectivity index (χ0v) is 13.5. The van der Waals surface area contributed by atoms with Crippen LogP contribution in [-0.4, -0.2) is 44.5 Å². The van der Waals surface area contributed by atoms with Gasteiger partial charge in [0.05, 0.1) is 9.60 Å². The lowest BCUT2D eigenvalue weighted by Gasteiger charge is -2.31. The van der Waals surface area contributed by atoms with Crippen LogP contribution in [0.25, 0.3) is 10.2 Å². The first-order valence-corrected chi connectivity index (χ1v) is 9.65. The molecule has 1 atom stereocenters. The van der Waals surface area contributed by atoms with Gasteiger partial charge in [-0.15, -0.1) is 0 Å². The molecule has 7 heteroatoms. The molecular formula is C14H18N2O3S2. The van der Waals surface area contributed by atoms with Crippen LogP contribution in [0.3, 0.4) is 0 Å². The molecule has 0 spiro atoms. The third kappa shape index (κ3) is 2.90. The highest BCUT2D eigenvalue weighted by atomic mass is 32.2. The van der Waals surface area contributed by atoms with Crippen molar-refractivity contribution in [2.24, 2.45) is 5.92 Å². The second-order valence-electron chi connectivity index (χ2n) is 5.51. The van der Waals surface area contributed by atoms with Crippen LogP contribution in [0.5, 0.6) is 0 Å². The first-order valence-electron chi connectivity index (χ1n) is 6.94. The summed E-state index contributed by atoms with van der Waals surface area (Å²) in [4.78, 5) is 7.00. The minimum absolute atomic E-state index is 0.190. The van der Waals surface area contributed by atoms with Crippen molar-refractivity contribution >= 4 is 36.5 Å². The molecule has 1 unspecified atom stereocenters. The molecule has 0 amide bonds. The number of para-hydroxylation sites is 1. The second kappa shape index (κ2) is 5.55. The molecule has 1 saturated heterocycles. The van der Waals surface area contributed by atoms with Gasteiger partial charge in [-0.2, -0.15) is 0 Å². The van der Waals surface area contributed by atoms with Crippen LogP contribution in [0.1, 0.15) is 12.8 Å². The van der Waals surface area contributed by atoms with Crippen molar-refractivity contribution in [2.75, 3.05) is 30.9 Å². The molecule has 1 aromatic carbocycles. The van der Waals surface area contributed by atoms with E-state index >= 15 is 0 Å². The number of hydrogen-bond donors (Lipinski definition) is 1. The molecule has 1 aliphatic rings. The van der Waals surface area contributed by atoms with E-state index in [4.69, 9.17) is 0 Å². The van der Waals surface area contributed by atoms with E-state index in [1.54, 1.807) is 12.1 Å². The molecule has 0 bridgehead atoms. The molecule has 114 valence electrons. The molecule has 1 N–H and O–H groups in total. The third-order valence-electron chi connectivity index (χ3n) is 3.82. The second-order valence-corrected chi connectivity index (χ2v) is 8.50. The maximum atomic E-state index is 11.8. The smallest absolute Gasteiger partial charge is 0.186 e. The molecule has 2 aromatic rings. The Labute approximate surface area is 128 Å². The Morgan fingerprint density at radius 2 is 2.29 bits per heavy atom. The van der Waals surface area contributed by atoms with Crippen molar-refractivity contribution in [1.82, 2.24) is 4.98 Å². The number of aliphatic hydroxyl groups is 1. The normalized spacial score (nSPS) is 20.1. The maximum Gasteiger partial charge on any atom is 0.186 e. The molecule has 0 radical (unpaired) electrons. The van der Waals surface area contributed by atoms with Crippen molar-refractivity contribution in [3.05, 3.63) is 18.2 Å². The Kier molecular flexibility index (Phi) is 3.90. The molecule has 5 nitrogen and oxygen atoms in total. The molecule has 1 aromatic heterocycles. The first-order chi connectivity index (χ1) is 9.99. The van der Waals surface area contributed by atoms with E-state index in [1.165, 1.54) is 17.6 Å². The van der Waals surface area contributed by atoms with Gasteiger partial charge >= 0.3 is 0 Å². The molecule has 2 heterocycles. The lowest BCUT2D eigenvalue weighted by Crippen LogP contribution is -2.36. The zero-order chi connectivity index (χ0) is 15.0. The lowest BCUT2D eigenvalue weighted by atomic mass is 10.00. The van der Waals surface area contributed by atoms with E-state index in [-0.39, 0.29) is 12.5 Å². The van der Waals surface area contributed by atoms with Crippen LogP contribution >= 0.6 is 11.3 Å². The molecule has 1 aliphatic heterocycles. The number of benzene rings is 1. The number of thiazole rings is 1. The van der Waals surface area contributed by atoms with Gasteiger partial charge in [-0.05, 0) is 30.9 Å². The van der Waals surface area contributed by atoms with Crippen molar-refractivity contribution in [3.8, 4) is 0 Å². The van der Waals surface area contributed by atoms with Crippen LogP contribution in [0.2, 0.25) is 0 Å². The van der Waals surface area contributed by atoms with Gasteiger partial charge in [0.1, 0.15) is 5.52 Å². The van der Waals surface area contributed by atoms with Gasteiger partial charge in [0.2, 0.25) is 0 Å². The molecule has 3 rings (SSSR count). The fourth-order valence-electron chi connectivity index (χ4n) is 2.73.